The second-order valence-electron chi connectivity index (χ2n) is 5.02. The third-order valence-corrected chi connectivity index (χ3v) is 3.70. The van der Waals surface area contributed by atoms with E-state index < -0.39 is 0 Å². The smallest absolute Gasteiger partial charge is 0.00141 e. The van der Waals surface area contributed by atoms with Crippen molar-refractivity contribution in [3.05, 3.63) is 84.9 Å². The van der Waals surface area contributed by atoms with Crippen molar-refractivity contribution >= 4 is 21.5 Å². The lowest BCUT2D eigenvalue weighted by Crippen LogP contribution is -1.80. The average Bonchev–Trinajstić information content (AvgIpc) is 2.53. The van der Waals surface area contributed by atoms with Gasteiger partial charge in [-0.1, -0.05) is 66.7 Å². The first-order valence-corrected chi connectivity index (χ1v) is 6.80. The Morgan fingerprint density at radius 2 is 1.25 bits per heavy atom. The molecule has 93 valence electrons. The van der Waals surface area contributed by atoms with Crippen LogP contribution in [0.2, 0.25) is 0 Å². The number of benzene rings is 4. The minimum absolute atomic E-state index is 1.17. The first kappa shape index (κ1) is 11.2. The Bertz CT molecular complexity index is 889. The molecular formula is C20H13. The summed E-state index contributed by atoms with van der Waals surface area (Å²) in [5.41, 5.74) is 2.49. The lowest BCUT2D eigenvalue weighted by Gasteiger charge is -2.05. The Hall–Kier alpha value is -2.60. The molecule has 4 aromatic rings. The molecule has 0 amide bonds. The van der Waals surface area contributed by atoms with Crippen LogP contribution in [0.4, 0.5) is 0 Å². The van der Waals surface area contributed by atoms with E-state index >= 15 is 0 Å². The van der Waals surface area contributed by atoms with Gasteiger partial charge in [-0.15, -0.1) is 0 Å². The Kier molecular flexibility index (Phi) is 2.53. The number of rotatable bonds is 1. The van der Waals surface area contributed by atoms with E-state index in [0.717, 1.165) is 0 Å². The maximum atomic E-state index is 3.52. The van der Waals surface area contributed by atoms with Gasteiger partial charge < -0.3 is 0 Å². The highest BCUT2D eigenvalue weighted by Gasteiger charge is 2.01. The monoisotopic (exact) mass is 253 g/mol. The van der Waals surface area contributed by atoms with Crippen LogP contribution in [0.3, 0.4) is 0 Å². The van der Waals surface area contributed by atoms with Crippen molar-refractivity contribution in [2.24, 2.45) is 0 Å². The summed E-state index contributed by atoms with van der Waals surface area (Å²) in [6.45, 7) is 0. The largest absolute Gasteiger partial charge is 0.0622 e. The molecular weight excluding hydrogens is 240 g/mol. The molecule has 0 nitrogen and oxygen atoms in total. The summed E-state index contributed by atoms with van der Waals surface area (Å²) in [6.07, 6.45) is 0. The van der Waals surface area contributed by atoms with E-state index in [0.29, 0.717) is 0 Å². The molecule has 0 heteroatoms. The van der Waals surface area contributed by atoms with Crippen molar-refractivity contribution in [1.29, 1.82) is 0 Å². The van der Waals surface area contributed by atoms with Gasteiger partial charge >= 0.3 is 0 Å². The van der Waals surface area contributed by atoms with Crippen molar-refractivity contribution in [2.45, 2.75) is 0 Å². The molecule has 0 saturated carbocycles. The molecule has 0 fully saturated rings. The van der Waals surface area contributed by atoms with Crippen LogP contribution in [0.15, 0.2) is 78.9 Å². The molecule has 0 spiro atoms. The average molecular weight is 253 g/mol. The van der Waals surface area contributed by atoms with E-state index in [2.05, 4.69) is 78.9 Å². The van der Waals surface area contributed by atoms with Gasteiger partial charge in [0, 0.05) is 0 Å². The molecule has 4 aromatic carbocycles. The van der Waals surface area contributed by atoms with Gasteiger partial charge in [0.1, 0.15) is 0 Å². The first-order chi connectivity index (χ1) is 9.90. The Morgan fingerprint density at radius 3 is 2.15 bits per heavy atom. The van der Waals surface area contributed by atoms with E-state index in [1.54, 1.807) is 0 Å². The normalized spacial score (nSPS) is 11.0. The first-order valence-electron chi connectivity index (χ1n) is 6.80. The molecule has 0 aliphatic heterocycles. The van der Waals surface area contributed by atoms with Gasteiger partial charge in [-0.05, 0) is 50.9 Å². The van der Waals surface area contributed by atoms with Crippen molar-refractivity contribution in [1.82, 2.24) is 0 Å². The van der Waals surface area contributed by atoms with Crippen LogP contribution in [0, 0.1) is 6.07 Å². The van der Waals surface area contributed by atoms with Crippen molar-refractivity contribution in [3.8, 4) is 11.1 Å². The molecule has 4 rings (SSSR count). The SMILES string of the molecule is [c]1c2ccccc2cc2ccc(-c3ccccc3)cc12. The van der Waals surface area contributed by atoms with Crippen molar-refractivity contribution in [3.63, 3.8) is 0 Å². The third-order valence-electron chi connectivity index (χ3n) is 3.70. The molecule has 0 saturated heterocycles. The van der Waals surface area contributed by atoms with Crippen molar-refractivity contribution < 1.29 is 0 Å². The lowest BCUT2D eigenvalue weighted by molar-refractivity contribution is 1.65. The van der Waals surface area contributed by atoms with Gasteiger partial charge in [0.2, 0.25) is 0 Å². The van der Waals surface area contributed by atoms with E-state index in [1.165, 1.54) is 32.7 Å². The van der Waals surface area contributed by atoms with Crippen LogP contribution >= 0.6 is 0 Å². The molecule has 1 radical (unpaired) electrons. The molecule has 0 bridgehead atoms. The summed E-state index contributed by atoms with van der Waals surface area (Å²) < 4.78 is 0. The lowest BCUT2D eigenvalue weighted by atomic mass is 9.99. The van der Waals surface area contributed by atoms with Crippen LogP contribution in [0.25, 0.3) is 32.7 Å². The fraction of sp³-hybridized carbons (Fsp3) is 0. The quantitative estimate of drug-likeness (QED) is 0.395. The van der Waals surface area contributed by atoms with Crippen LogP contribution in [-0.2, 0) is 0 Å². The van der Waals surface area contributed by atoms with Gasteiger partial charge in [0.15, 0.2) is 0 Å². The summed E-state index contributed by atoms with van der Waals surface area (Å²) in [4.78, 5) is 0. The summed E-state index contributed by atoms with van der Waals surface area (Å²) in [6, 6.07) is 31.2. The van der Waals surface area contributed by atoms with Crippen LogP contribution < -0.4 is 0 Å². The zero-order valence-corrected chi connectivity index (χ0v) is 11.0. The van der Waals surface area contributed by atoms with E-state index in [-0.39, 0.29) is 0 Å². The molecule has 0 unspecified atom stereocenters. The fourth-order valence-electron chi connectivity index (χ4n) is 2.65. The molecule has 0 aliphatic rings. The van der Waals surface area contributed by atoms with Gasteiger partial charge in [-0.2, -0.15) is 0 Å². The third kappa shape index (κ3) is 1.86. The second-order valence-corrected chi connectivity index (χ2v) is 5.02. The summed E-state index contributed by atoms with van der Waals surface area (Å²) in [5, 5.41) is 4.83. The van der Waals surface area contributed by atoms with E-state index in [1.807, 2.05) is 6.07 Å². The highest BCUT2D eigenvalue weighted by Crippen LogP contribution is 2.27. The number of hydrogen-bond acceptors (Lipinski definition) is 0. The molecule has 20 heavy (non-hydrogen) atoms. The topological polar surface area (TPSA) is 0 Å². The highest BCUT2D eigenvalue weighted by atomic mass is 14.1. The fourth-order valence-corrected chi connectivity index (χ4v) is 2.65. The zero-order valence-electron chi connectivity index (χ0n) is 11.0. The van der Waals surface area contributed by atoms with Crippen LogP contribution in [0.1, 0.15) is 0 Å². The van der Waals surface area contributed by atoms with Gasteiger partial charge in [0.05, 0.1) is 0 Å². The predicted molar refractivity (Wildman–Crippen MR) is 85.7 cm³/mol. The van der Waals surface area contributed by atoms with E-state index in [9.17, 15) is 0 Å². The summed E-state index contributed by atoms with van der Waals surface area (Å²) in [5.74, 6) is 0. The maximum Gasteiger partial charge on any atom is -0.00141 e. The van der Waals surface area contributed by atoms with E-state index in [4.69, 9.17) is 0 Å². The Balaban J connectivity index is 1.97. The van der Waals surface area contributed by atoms with Gasteiger partial charge in [-0.25, -0.2) is 0 Å². The van der Waals surface area contributed by atoms with Crippen LogP contribution in [0.5, 0.6) is 0 Å². The zero-order chi connectivity index (χ0) is 13.4. The second kappa shape index (κ2) is 4.50. The molecule has 0 aromatic heterocycles. The summed E-state index contributed by atoms with van der Waals surface area (Å²) in [7, 11) is 0. The number of hydrogen-bond donors (Lipinski definition) is 0. The Labute approximate surface area is 118 Å². The Morgan fingerprint density at radius 1 is 0.500 bits per heavy atom. The number of fused-ring (bicyclic) bond motifs is 2. The minimum Gasteiger partial charge on any atom is -0.0622 e. The summed E-state index contributed by atoms with van der Waals surface area (Å²) >= 11 is 0. The molecule has 0 N–H and O–H groups in total. The predicted octanol–water partition coefficient (Wildman–Crippen LogP) is 5.46. The maximum absolute atomic E-state index is 3.52. The standard InChI is InChI=1S/C20H13/c1-2-6-15(7-3-1)18-10-11-19-12-16-8-4-5-9-17(16)13-20(19)14-18/h1-12,14H. The van der Waals surface area contributed by atoms with Crippen LogP contribution in [-0.4, -0.2) is 0 Å². The molecule has 0 atom stereocenters. The molecule has 0 heterocycles. The molecule has 0 aliphatic carbocycles. The highest BCUT2D eigenvalue weighted by molar-refractivity contribution is 5.98. The van der Waals surface area contributed by atoms with Gasteiger partial charge in [0.25, 0.3) is 0 Å². The minimum atomic E-state index is 1.17. The van der Waals surface area contributed by atoms with Crippen molar-refractivity contribution in [2.75, 3.05) is 0 Å². The van der Waals surface area contributed by atoms with Gasteiger partial charge in [-0.3, -0.25) is 0 Å².